The summed E-state index contributed by atoms with van der Waals surface area (Å²) in [4.78, 5) is 13.4. The number of carboxylic acid groups (broad SMARTS) is 1. The van der Waals surface area contributed by atoms with E-state index in [0.29, 0.717) is 16.6 Å². The van der Waals surface area contributed by atoms with E-state index in [1.165, 1.54) is 4.90 Å². The van der Waals surface area contributed by atoms with Crippen molar-refractivity contribution in [2.75, 3.05) is 6.54 Å². The van der Waals surface area contributed by atoms with Crippen molar-refractivity contribution in [3.63, 3.8) is 0 Å². The highest BCUT2D eigenvalue weighted by Gasteiger charge is 2.32. The molecule has 140 valence electrons. The predicted molar refractivity (Wildman–Crippen MR) is 109 cm³/mol. The minimum Gasteiger partial charge on any atom is -0.465 e. The van der Waals surface area contributed by atoms with E-state index in [1.54, 1.807) is 0 Å². The molecule has 0 aliphatic carbocycles. The number of halogens is 2. The highest BCUT2D eigenvalue weighted by molar-refractivity contribution is 6.30. The molecule has 0 aliphatic heterocycles. The van der Waals surface area contributed by atoms with Crippen LogP contribution in [0.1, 0.15) is 50.7 Å². The van der Waals surface area contributed by atoms with Gasteiger partial charge in [-0.2, -0.15) is 0 Å². The van der Waals surface area contributed by atoms with Crippen LogP contribution in [0.15, 0.2) is 48.5 Å². The normalized spacial score (nSPS) is 13.9. The quantitative estimate of drug-likeness (QED) is 0.616. The lowest BCUT2D eigenvalue weighted by molar-refractivity contribution is 0.0939. The maximum absolute atomic E-state index is 11.9. The molecule has 0 aromatic heterocycles. The number of hydrogen-bond acceptors (Lipinski definition) is 1. The van der Waals surface area contributed by atoms with E-state index < -0.39 is 11.6 Å². The van der Waals surface area contributed by atoms with Gasteiger partial charge < -0.3 is 10.0 Å². The average Bonchev–Trinajstić information content (AvgIpc) is 2.55. The molecule has 0 saturated carbocycles. The third-order valence-electron chi connectivity index (χ3n) is 4.72. The first-order valence-corrected chi connectivity index (χ1v) is 9.36. The Hall–Kier alpha value is -1.71. The molecule has 3 nitrogen and oxygen atoms in total. The van der Waals surface area contributed by atoms with Gasteiger partial charge in [-0.05, 0) is 62.1 Å². The van der Waals surface area contributed by atoms with Gasteiger partial charge in [-0.25, -0.2) is 4.79 Å². The Morgan fingerprint density at radius 3 is 1.77 bits per heavy atom. The molecule has 0 heterocycles. The van der Waals surface area contributed by atoms with Gasteiger partial charge in [0.1, 0.15) is 0 Å². The number of rotatable bonds is 5. The summed E-state index contributed by atoms with van der Waals surface area (Å²) >= 11 is 12.1. The molecule has 5 heteroatoms. The van der Waals surface area contributed by atoms with Crippen molar-refractivity contribution in [2.24, 2.45) is 0 Å². The zero-order valence-electron chi connectivity index (χ0n) is 15.5. The molecule has 0 radical (unpaired) electrons. The smallest absolute Gasteiger partial charge is 0.407 e. The van der Waals surface area contributed by atoms with E-state index >= 15 is 0 Å². The molecule has 0 spiro atoms. The minimum atomic E-state index is -0.917. The summed E-state index contributed by atoms with van der Waals surface area (Å²) in [7, 11) is 0. The second-order valence-corrected chi connectivity index (χ2v) is 8.44. The van der Waals surface area contributed by atoms with Crippen LogP contribution in [0.2, 0.25) is 10.0 Å². The highest BCUT2D eigenvalue weighted by atomic mass is 35.5. The standard InChI is InChI=1S/C21H25Cl2NO2/c1-14(15-5-9-17(22)10-6-15)19(16-7-11-18(23)12-8-16)13-24(20(25)26)21(2,3)4/h5-12,14,19H,13H2,1-4H3,(H,25,26). The Balaban J connectivity index is 2.42. The summed E-state index contributed by atoms with van der Waals surface area (Å²) < 4.78 is 0. The fourth-order valence-electron chi connectivity index (χ4n) is 3.10. The Morgan fingerprint density at radius 2 is 1.38 bits per heavy atom. The van der Waals surface area contributed by atoms with Gasteiger partial charge in [0.05, 0.1) is 0 Å². The van der Waals surface area contributed by atoms with Gasteiger partial charge in [0.25, 0.3) is 0 Å². The van der Waals surface area contributed by atoms with Gasteiger partial charge in [-0.1, -0.05) is 54.4 Å². The van der Waals surface area contributed by atoms with Gasteiger partial charge in [0.2, 0.25) is 0 Å². The molecule has 2 aromatic carbocycles. The summed E-state index contributed by atoms with van der Waals surface area (Å²) in [6, 6.07) is 15.4. The molecule has 26 heavy (non-hydrogen) atoms. The van der Waals surface area contributed by atoms with Crippen molar-refractivity contribution < 1.29 is 9.90 Å². The van der Waals surface area contributed by atoms with Crippen molar-refractivity contribution in [3.05, 3.63) is 69.7 Å². The van der Waals surface area contributed by atoms with Gasteiger partial charge in [0.15, 0.2) is 0 Å². The Kier molecular flexibility index (Phi) is 6.59. The largest absolute Gasteiger partial charge is 0.465 e. The summed E-state index contributed by atoms with van der Waals surface area (Å²) in [6.07, 6.45) is -0.917. The second kappa shape index (κ2) is 8.32. The first kappa shape index (κ1) is 20.6. The molecular weight excluding hydrogens is 369 g/mol. The van der Waals surface area contributed by atoms with E-state index in [1.807, 2.05) is 69.3 Å². The van der Waals surface area contributed by atoms with Crippen LogP contribution < -0.4 is 0 Å². The topological polar surface area (TPSA) is 40.5 Å². The lowest BCUT2D eigenvalue weighted by Gasteiger charge is -2.38. The number of benzene rings is 2. The van der Waals surface area contributed by atoms with Gasteiger partial charge in [0, 0.05) is 28.0 Å². The number of hydrogen-bond donors (Lipinski definition) is 1. The van der Waals surface area contributed by atoms with Crippen LogP contribution >= 0.6 is 23.2 Å². The fourth-order valence-corrected chi connectivity index (χ4v) is 3.35. The van der Waals surface area contributed by atoms with Crippen LogP contribution in [0.3, 0.4) is 0 Å². The molecule has 0 bridgehead atoms. The monoisotopic (exact) mass is 393 g/mol. The predicted octanol–water partition coefficient (Wildman–Crippen LogP) is 6.66. The molecule has 2 unspecified atom stereocenters. The van der Waals surface area contributed by atoms with Crippen LogP contribution in [0.25, 0.3) is 0 Å². The van der Waals surface area contributed by atoms with Crippen LogP contribution in [-0.4, -0.2) is 28.2 Å². The third kappa shape index (κ3) is 5.15. The van der Waals surface area contributed by atoms with Crippen LogP contribution in [0.4, 0.5) is 4.79 Å². The Labute approximate surface area is 165 Å². The summed E-state index contributed by atoms with van der Waals surface area (Å²) in [5.41, 5.74) is 1.69. The van der Waals surface area contributed by atoms with Crippen molar-refractivity contribution >= 4 is 29.3 Å². The van der Waals surface area contributed by atoms with Crippen LogP contribution in [0.5, 0.6) is 0 Å². The third-order valence-corrected chi connectivity index (χ3v) is 5.22. The van der Waals surface area contributed by atoms with Crippen molar-refractivity contribution in [3.8, 4) is 0 Å². The van der Waals surface area contributed by atoms with Gasteiger partial charge >= 0.3 is 6.09 Å². The maximum Gasteiger partial charge on any atom is 0.407 e. The zero-order chi connectivity index (χ0) is 19.5. The highest BCUT2D eigenvalue weighted by Crippen LogP contribution is 2.36. The molecule has 0 aliphatic rings. The van der Waals surface area contributed by atoms with E-state index in [0.717, 1.165) is 11.1 Å². The first-order valence-electron chi connectivity index (χ1n) is 8.61. The van der Waals surface area contributed by atoms with E-state index in [-0.39, 0.29) is 11.8 Å². The molecule has 2 aromatic rings. The number of nitrogens with zero attached hydrogens (tertiary/aromatic N) is 1. The lowest BCUT2D eigenvalue weighted by Crippen LogP contribution is -2.47. The van der Waals surface area contributed by atoms with Crippen LogP contribution in [0, 0.1) is 0 Å². The van der Waals surface area contributed by atoms with E-state index in [4.69, 9.17) is 23.2 Å². The molecule has 2 rings (SSSR count). The molecule has 0 saturated heterocycles. The van der Waals surface area contributed by atoms with E-state index in [2.05, 4.69) is 6.92 Å². The number of carbonyl (C=O) groups is 1. The fraction of sp³-hybridized carbons (Fsp3) is 0.381. The molecule has 1 N–H and O–H groups in total. The summed E-state index contributed by atoms with van der Waals surface area (Å²) in [5.74, 6) is 0.0985. The number of amides is 1. The second-order valence-electron chi connectivity index (χ2n) is 7.56. The summed E-state index contributed by atoms with van der Waals surface area (Å²) in [5, 5.41) is 11.1. The van der Waals surface area contributed by atoms with Crippen molar-refractivity contribution in [1.29, 1.82) is 0 Å². The Bertz CT molecular complexity index is 736. The van der Waals surface area contributed by atoms with Crippen LogP contribution in [-0.2, 0) is 0 Å². The SMILES string of the molecule is CC(c1ccc(Cl)cc1)C(CN(C(=O)O)C(C)(C)C)c1ccc(Cl)cc1. The molecule has 1 amide bonds. The van der Waals surface area contributed by atoms with Gasteiger partial charge in [-0.15, -0.1) is 0 Å². The molecule has 0 fully saturated rings. The average molecular weight is 394 g/mol. The van der Waals surface area contributed by atoms with E-state index in [9.17, 15) is 9.90 Å². The minimum absolute atomic E-state index is 0.0104. The lowest BCUT2D eigenvalue weighted by atomic mass is 9.81. The molecular formula is C21H25Cl2NO2. The summed E-state index contributed by atoms with van der Waals surface area (Å²) in [6.45, 7) is 8.24. The zero-order valence-corrected chi connectivity index (χ0v) is 17.1. The van der Waals surface area contributed by atoms with Crippen molar-refractivity contribution in [1.82, 2.24) is 4.90 Å². The maximum atomic E-state index is 11.9. The first-order chi connectivity index (χ1) is 12.1. The van der Waals surface area contributed by atoms with Crippen molar-refractivity contribution in [2.45, 2.75) is 45.1 Å². The van der Waals surface area contributed by atoms with Gasteiger partial charge in [-0.3, -0.25) is 0 Å². The molecule has 2 atom stereocenters. The Morgan fingerprint density at radius 1 is 0.962 bits per heavy atom.